The van der Waals surface area contributed by atoms with E-state index in [1.807, 2.05) is 0 Å². The Hall–Kier alpha value is -0.570. The third-order valence-corrected chi connectivity index (χ3v) is 1.95. The molecule has 1 aliphatic heterocycles. The summed E-state index contributed by atoms with van der Waals surface area (Å²) in [6.07, 6.45) is 2.19. The molecule has 0 aliphatic carbocycles. The molecular weight excluding hydrogens is 142 g/mol. The molecule has 1 saturated heterocycles. The van der Waals surface area contributed by atoms with Gasteiger partial charge < -0.3 is 10.1 Å². The van der Waals surface area contributed by atoms with Crippen molar-refractivity contribution in [1.82, 2.24) is 5.32 Å². The van der Waals surface area contributed by atoms with E-state index in [0.717, 1.165) is 19.4 Å². The Labute approximate surface area is 67.1 Å². The highest BCUT2D eigenvalue weighted by atomic mass is 16.5. The largest absolute Gasteiger partial charge is 0.461 e. The molecule has 11 heavy (non-hydrogen) atoms. The highest BCUT2D eigenvalue weighted by molar-refractivity contribution is 5.66. The fourth-order valence-electron chi connectivity index (χ4n) is 1.31. The van der Waals surface area contributed by atoms with E-state index in [4.69, 9.17) is 4.74 Å². The molecule has 2 unspecified atom stereocenters. The first-order valence-corrected chi connectivity index (χ1v) is 4.09. The molecule has 1 fully saturated rings. The maximum absolute atomic E-state index is 10.5. The highest BCUT2D eigenvalue weighted by Gasteiger charge is 2.18. The molecule has 0 spiro atoms. The third-order valence-electron chi connectivity index (χ3n) is 1.95. The Bertz CT molecular complexity index is 139. The van der Waals surface area contributed by atoms with Crippen molar-refractivity contribution in [3.8, 4) is 0 Å². The van der Waals surface area contributed by atoms with Crippen molar-refractivity contribution in [2.45, 2.75) is 38.8 Å². The van der Waals surface area contributed by atoms with Crippen LogP contribution < -0.4 is 5.32 Å². The second-order valence-electron chi connectivity index (χ2n) is 3.12. The minimum Gasteiger partial charge on any atom is -0.461 e. The second kappa shape index (κ2) is 3.72. The molecule has 0 radical (unpaired) electrons. The second-order valence-corrected chi connectivity index (χ2v) is 3.12. The summed E-state index contributed by atoms with van der Waals surface area (Å²) in [7, 11) is 0. The summed E-state index contributed by atoms with van der Waals surface area (Å²) in [6.45, 7) is 4.41. The number of esters is 1. The van der Waals surface area contributed by atoms with Crippen molar-refractivity contribution in [3.05, 3.63) is 0 Å². The summed E-state index contributed by atoms with van der Waals surface area (Å²) >= 11 is 0. The highest BCUT2D eigenvalue weighted by Crippen LogP contribution is 2.10. The summed E-state index contributed by atoms with van der Waals surface area (Å²) in [4.78, 5) is 10.5. The molecule has 3 nitrogen and oxygen atoms in total. The smallest absolute Gasteiger partial charge is 0.302 e. The van der Waals surface area contributed by atoms with Gasteiger partial charge in [0.2, 0.25) is 0 Å². The van der Waals surface area contributed by atoms with Gasteiger partial charge in [0.25, 0.3) is 0 Å². The molecule has 0 aromatic carbocycles. The van der Waals surface area contributed by atoms with Crippen LogP contribution in [0.4, 0.5) is 0 Å². The lowest BCUT2D eigenvalue weighted by Crippen LogP contribution is -2.41. The van der Waals surface area contributed by atoms with Gasteiger partial charge in [0.15, 0.2) is 0 Å². The van der Waals surface area contributed by atoms with E-state index in [-0.39, 0.29) is 12.1 Å². The molecule has 3 heteroatoms. The molecule has 0 amide bonds. The van der Waals surface area contributed by atoms with Gasteiger partial charge in [-0.05, 0) is 19.8 Å². The van der Waals surface area contributed by atoms with Gasteiger partial charge in [-0.15, -0.1) is 0 Å². The number of rotatable bonds is 1. The van der Waals surface area contributed by atoms with Gasteiger partial charge in [-0.1, -0.05) is 0 Å². The van der Waals surface area contributed by atoms with E-state index in [0.29, 0.717) is 6.04 Å². The van der Waals surface area contributed by atoms with Crippen molar-refractivity contribution in [3.63, 3.8) is 0 Å². The van der Waals surface area contributed by atoms with E-state index in [9.17, 15) is 4.79 Å². The first-order valence-electron chi connectivity index (χ1n) is 4.09. The van der Waals surface area contributed by atoms with Gasteiger partial charge in [-0.25, -0.2) is 0 Å². The molecule has 1 heterocycles. The normalized spacial score (nSPS) is 31.5. The van der Waals surface area contributed by atoms with Crippen LogP contribution in [-0.2, 0) is 9.53 Å². The van der Waals surface area contributed by atoms with Crippen LogP contribution in [0, 0.1) is 0 Å². The van der Waals surface area contributed by atoms with E-state index < -0.39 is 0 Å². The van der Waals surface area contributed by atoms with Crippen LogP contribution in [0.2, 0.25) is 0 Å². The maximum Gasteiger partial charge on any atom is 0.302 e. The van der Waals surface area contributed by atoms with Gasteiger partial charge in [0, 0.05) is 19.5 Å². The van der Waals surface area contributed by atoms with E-state index in [1.165, 1.54) is 6.92 Å². The predicted molar refractivity (Wildman–Crippen MR) is 42.3 cm³/mol. The van der Waals surface area contributed by atoms with Gasteiger partial charge in [0.1, 0.15) is 6.10 Å². The minimum atomic E-state index is -0.175. The number of piperidine rings is 1. The molecule has 0 aromatic rings. The predicted octanol–water partition coefficient (Wildman–Crippen LogP) is 0.690. The zero-order chi connectivity index (χ0) is 8.27. The van der Waals surface area contributed by atoms with Crippen LogP contribution in [0.1, 0.15) is 26.7 Å². The van der Waals surface area contributed by atoms with Gasteiger partial charge in [-0.3, -0.25) is 4.79 Å². The third kappa shape index (κ3) is 2.89. The molecule has 1 rings (SSSR count). The first-order chi connectivity index (χ1) is 5.18. The number of carbonyl (C=O) groups excluding carboxylic acids is 1. The maximum atomic E-state index is 10.5. The topological polar surface area (TPSA) is 38.3 Å². The van der Waals surface area contributed by atoms with Gasteiger partial charge >= 0.3 is 5.97 Å². The molecule has 0 aromatic heterocycles. The monoisotopic (exact) mass is 157 g/mol. The number of ether oxygens (including phenoxy) is 1. The van der Waals surface area contributed by atoms with E-state index >= 15 is 0 Å². The number of hydrogen-bond donors (Lipinski definition) is 1. The summed E-state index contributed by atoms with van der Waals surface area (Å²) in [5, 5.41) is 3.26. The summed E-state index contributed by atoms with van der Waals surface area (Å²) in [5.74, 6) is -0.175. The Morgan fingerprint density at radius 2 is 2.27 bits per heavy atom. The molecule has 1 aliphatic rings. The lowest BCUT2D eigenvalue weighted by atomic mass is 10.0. The SMILES string of the molecule is CC(=O)OC1CCC(C)NC1. The van der Waals surface area contributed by atoms with Crippen molar-refractivity contribution in [2.24, 2.45) is 0 Å². The molecule has 64 valence electrons. The average Bonchev–Trinajstić information content (AvgIpc) is 1.93. The van der Waals surface area contributed by atoms with Crippen LogP contribution in [0.3, 0.4) is 0 Å². The van der Waals surface area contributed by atoms with Crippen LogP contribution in [-0.4, -0.2) is 24.7 Å². The Balaban J connectivity index is 2.22. The molecule has 0 bridgehead atoms. The van der Waals surface area contributed by atoms with Crippen LogP contribution in [0.25, 0.3) is 0 Å². The lowest BCUT2D eigenvalue weighted by Gasteiger charge is -2.26. The number of carbonyl (C=O) groups is 1. The zero-order valence-corrected chi connectivity index (χ0v) is 7.09. The number of hydrogen-bond acceptors (Lipinski definition) is 3. The van der Waals surface area contributed by atoms with Crippen LogP contribution >= 0.6 is 0 Å². The lowest BCUT2D eigenvalue weighted by molar-refractivity contribution is -0.147. The standard InChI is InChI=1S/C8H15NO2/c1-6-3-4-8(5-9-6)11-7(2)10/h6,8-9H,3-5H2,1-2H3. The fraction of sp³-hybridized carbons (Fsp3) is 0.875. The summed E-state index contributed by atoms with van der Waals surface area (Å²) in [6, 6.07) is 0.571. The quantitative estimate of drug-likeness (QED) is 0.569. The summed E-state index contributed by atoms with van der Waals surface area (Å²) < 4.78 is 5.04. The average molecular weight is 157 g/mol. The van der Waals surface area contributed by atoms with Crippen molar-refractivity contribution < 1.29 is 9.53 Å². The Kier molecular flexibility index (Phi) is 2.88. The molecule has 2 atom stereocenters. The zero-order valence-electron chi connectivity index (χ0n) is 7.09. The van der Waals surface area contributed by atoms with E-state index in [2.05, 4.69) is 12.2 Å². The Morgan fingerprint density at radius 1 is 1.55 bits per heavy atom. The Morgan fingerprint density at radius 3 is 2.73 bits per heavy atom. The molecular formula is C8H15NO2. The van der Waals surface area contributed by atoms with Crippen LogP contribution in [0.15, 0.2) is 0 Å². The molecule has 0 saturated carbocycles. The van der Waals surface area contributed by atoms with Crippen molar-refractivity contribution >= 4 is 5.97 Å². The number of nitrogens with one attached hydrogen (secondary N) is 1. The van der Waals surface area contributed by atoms with Gasteiger partial charge in [-0.2, -0.15) is 0 Å². The first kappa shape index (κ1) is 8.53. The van der Waals surface area contributed by atoms with Crippen LogP contribution in [0.5, 0.6) is 0 Å². The minimum absolute atomic E-state index is 0.101. The van der Waals surface area contributed by atoms with Crippen molar-refractivity contribution in [2.75, 3.05) is 6.54 Å². The fourth-order valence-corrected chi connectivity index (χ4v) is 1.31. The van der Waals surface area contributed by atoms with Gasteiger partial charge in [0.05, 0.1) is 0 Å². The van der Waals surface area contributed by atoms with Crippen molar-refractivity contribution in [1.29, 1.82) is 0 Å². The molecule has 1 N–H and O–H groups in total. The van der Waals surface area contributed by atoms with E-state index in [1.54, 1.807) is 0 Å². The summed E-state index contributed by atoms with van der Waals surface area (Å²) in [5.41, 5.74) is 0.